The molecule has 0 radical (unpaired) electrons. The molecule has 0 aromatic carbocycles. The van der Waals surface area contributed by atoms with E-state index in [1.807, 2.05) is 6.07 Å². The van der Waals surface area contributed by atoms with E-state index >= 15 is 0 Å². The Morgan fingerprint density at radius 2 is 2.29 bits per heavy atom. The van der Waals surface area contributed by atoms with Gasteiger partial charge in [0.15, 0.2) is 5.65 Å². The largest absolute Gasteiger partial charge is 0.335 e. The predicted octanol–water partition coefficient (Wildman–Crippen LogP) is 0.719. The molecule has 0 aliphatic rings. The molecule has 0 atom stereocenters. The summed E-state index contributed by atoms with van der Waals surface area (Å²) in [4.78, 5) is 26.8. The van der Waals surface area contributed by atoms with Gasteiger partial charge in [0.25, 0.3) is 5.56 Å². The highest BCUT2D eigenvalue weighted by atomic mass is 16.1. The Hall–Kier alpha value is -2.50. The Morgan fingerprint density at radius 3 is 3.06 bits per heavy atom. The highest BCUT2D eigenvalue weighted by Gasteiger charge is 2.06. The summed E-state index contributed by atoms with van der Waals surface area (Å²) in [5.41, 5.74) is 2.01. The Labute approximate surface area is 96.0 Å². The maximum absolute atomic E-state index is 11.5. The molecule has 3 heterocycles. The maximum atomic E-state index is 11.5. The third-order valence-corrected chi connectivity index (χ3v) is 2.54. The van der Waals surface area contributed by atoms with E-state index in [-0.39, 0.29) is 5.56 Å². The van der Waals surface area contributed by atoms with Crippen molar-refractivity contribution < 1.29 is 0 Å². The third kappa shape index (κ3) is 1.59. The van der Waals surface area contributed by atoms with E-state index < -0.39 is 0 Å². The normalized spacial score (nSPS) is 10.9. The molecule has 3 aromatic rings. The van der Waals surface area contributed by atoms with Crippen LogP contribution in [0.4, 0.5) is 0 Å². The number of hydrogen-bond acceptors (Lipinski definition) is 4. The number of rotatable bonds is 1. The standard InChI is InChI=1S/C11H9N5O/c1-16-3-2-7(4-9(16)17)10-14-8-5-12-6-13-11(8)15-10/h2-6H,1H3,(H,12,13,14,15). The van der Waals surface area contributed by atoms with E-state index in [0.29, 0.717) is 11.5 Å². The molecule has 0 saturated carbocycles. The first-order chi connectivity index (χ1) is 8.24. The number of imidazole rings is 1. The molecule has 0 amide bonds. The third-order valence-electron chi connectivity index (χ3n) is 2.54. The Kier molecular flexibility index (Phi) is 2.01. The smallest absolute Gasteiger partial charge is 0.250 e. The van der Waals surface area contributed by atoms with Crippen LogP contribution >= 0.6 is 0 Å². The van der Waals surface area contributed by atoms with E-state index in [4.69, 9.17) is 0 Å². The first-order valence-corrected chi connectivity index (χ1v) is 5.07. The molecule has 0 aliphatic carbocycles. The molecule has 3 rings (SSSR count). The molecule has 0 fully saturated rings. The number of pyridine rings is 1. The van der Waals surface area contributed by atoms with Crippen molar-refractivity contribution in [1.82, 2.24) is 24.5 Å². The predicted molar refractivity (Wildman–Crippen MR) is 62.4 cm³/mol. The fraction of sp³-hybridized carbons (Fsp3) is 0.0909. The number of aromatic nitrogens is 5. The van der Waals surface area contributed by atoms with Crippen molar-refractivity contribution in [2.45, 2.75) is 0 Å². The quantitative estimate of drug-likeness (QED) is 0.664. The van der Waals surface area contributed by atoms with Gasteiger partial charge in [-0.15, -0.1) is 0 Å². The van der Waals surface area contributed by atoms with Crippen LogP contribution in [0, 0.1) is 0 Å². The topological polar surface area (TPSA) is 76.5 Å². The Balaban J connectivity index is 2.20. The van der Waals surface area contributed by atoms with Gasteiger partial charge in [0.1, 0.15) is 17.7 Å². The molecule has 6 nitrogen and oxygen atoms in total. The molecule has 0 unspecified atom stereocenters. The number of H-pyrrole nitrogens is 1. The molecule has 0 aliphatic heterocycles. The molecule has 84 valence electrons. The molecule has 6 heteroatoms. The number of aryl methyl sites for hydroxylation is 1. The van der Waals surface area contributed by atoms with Crippen LogP contribution in [0.5, 0.6) is 0 Å². The number of fused-ring (bicyclic) bond motifs is 1. The summed E-state index contributed by atoms with van der Waals surface area (Å²) in [6, 6.07) is 3.36. The van der Waals surface area contributed by atoms with Crippen molar-refractivity contribution >= 4 is 11.2 Å². The van der Waals surface area contributed by atoms with Crippen molar-refractivity contribution in [3.63, 3.8) is 0 Å². The Bertz CT molecular complexity index is 710. The van der Waals surface area contributed by atoms with E-state index in [1.165, 1.54) is 17.0 Å². The molecule has 0 saturated heterocycles. The van der Waals surface area contributed by atoms with Gasteiger partial charge in [0.05, 0.1) is 6.20 Å². The minimum absolute atomic E-state index is 0.0750. The second kappa shape index (κ2) is 3.51. The fourth-order valence-corrected chi connectivity index (χ4v) is 1.59. The molecule has 17 heavy (non-hydrogen) atoms. The van der Waals surface area contributed by atoms with Crippen LogP contribution in [-0.4, -0.2) is 24.5 Å². The maximum Gasteiger partial charge on any atom is 0.250 e. The number of aromatic amines is 1. The summed E-state index contributed by atoms with van der Waals surface area (Å²) in [6.07, 6.45) is 4.80. The van der Waals surface area contributed by atoms with Crippen molar-refractivity contribution in [3.8, 4) is 11.4 Å². The van der Waals surface area contributed by atoms with E-state index in [1.54, 1.807) is 19.4 Å². The van der Waals surface area contributed by atoms with Crippen LogP contribution in [-0.2, 0) is 7.05 Å². The van der Waals surface area contributed by atoms with Gasteiger partial charge >= 0.3 is 0 Å². The fourth-order valence-electron chi connectivity index (χ4n) is 1.59. The van der Waals surface area contributed by atoms with Gasteiger partial charge < -0.3 is 9.55 Å². The number of hydrogen-bond donors (Lipinski definition) is 1. The van der Waals surface area contributed by atoms with Crippen molar-refractivity contribution in [3.05, 3.63) is 41.2 Å². The molecular formula is C11H9N5O. The molecule has 0 spiro atoms. The average molecular weight is 227 g/mol. The number of nitrogens with one attached hydrogen (secondary N) is 1. The van der Waals surface area contributed by atoms with E-state index in [2.05, 4.69) is 19.9 Å². The van der Waals surface area contributed by atoms with Crippen LogP contribution in [0.25, 0.3) is 22.6 Å². The first kappa shape index (κ1) is 9.71. The van der Waals surface area contributed by atoms with Crippen LogP contribution < -0.4 is 5.56 Å². The first-order valence-electron chi connectivity index (χ1n) is 5.07. The van der Waals surface area contributed by atoms with E-state index in [9.17, 15) is 4.79 Å². The van der Waals surface area contributed by atoms with Crippen molar-refractivity contribution in [2.75, 3.05) is 0 Å². The lowest BCUT2D eigenvalue weighted by Gasteiger charge is -1.98. The van der Waals surface area contributed by atoms with Gasteiger partial charge in [-0.3, -0.25) is 4.79 Å². The second-order valence-electron chi connectivity index (χ2n) is 3.71. The zero-order valence-corrected chi connectivity index (χ0v) is 9.08. The van der Waals surface area contributed by atoms with Gasteiger partial charge in [0, 0.05) is 24.9 Å². The highest BCUT2D eigenvalue weighted by Crippen LogP contribution is 2.16. The lowest BCUT2D eigenvalue weighted by atomic mass is 10.2. The number of nitrogens with zero attached hydrogens (tertiary/aromatic N) is 4. The summed E-state index contributed by atoms with van der Waals surface area (Å²) in [5, 5.41) is 0. The lowest BCUT2D eigenvalue weighted by molar-refractivity contribution is 0.860. The van der Waals surface area contributed by atoms with Gasteiger partial charge in [0.2, 0.25) is 0 Å². The zero-order chi connectivity index (χ0) is 11.8. The SMILES string of the molecule is Cn1ccc(-c2nc3ncncc3[nH]2)cc1=O. The van der Waals surface area contributed by atoms with Crippen LogP contribution in [0.2, 0.25) is 0 Å². The summed E-state index contributed by atoms with van der Waals surface area (Å²) in [7, 11) is 1.70. The minimum atomic E-state index is -0.0750. The lowest BCUT2D eigenvalue weighted by Crippen LogP contribution is -2.14. The zero-order valence-electron chi connectivity index (χ0n) is 9.08. The summed E-state index contributed by atoms with van der Waals surface area (Å²) in [6.45, 7) is 0. The summed E-state index contributed by atoms with van der Waals surface area (Å²) in [5.74, 6) is 0.623. The van der Waals surface area contributed by atoms with Crippen LogP contribution in [0.3, 0.4) is 0 Å². The molecule has 0 bridgehead atoms. The minimum Gasteiger partial charge on any atom is -0.335 e. The summed E-state index contributed by atoms with van der Waals surface area (Å²) >= 11 is 0. The van der Waals surface area contributed by atoms with Crippen molar-refractivity contribution in [2.24, 2.45) is 7.05 Å². The second-order valence-corrected chi connectivity index (χ2v) is 3.71. The monoisotopic (exact) mass is 227 g/mol. The highest BCUT2D eigenvalue weighted by molar-refractivity contribution is 5.74. The van der Waals surface area contributed by atoms with Gasteiger partial charge in [-0.1, -0.05) is 0 Å². The van der Waals surface area contributed by atoms with Gasteiger partial charge in [-0.25, -0.2) is 15.0 Å². The average Bonchev–Trinajstić information content (AvgIpc) is 2.76. The molecular weight excluding hydrogens is 218 g/mol. The van der Waals surface area contributed by atoms with Crippen LogP contribution in [0.1, 0.15) is 0 Å². The van der Waals surface area contributed by atoms with Gasteiger partial charge in [-0.2, -0.15) is 0 Å². The summed E-state index contributed by atoms with van der Waals surface area (Å²) < 4.78 is 1.51. The Morgan fingerprint density at radius 1 is 1.41 bits per heavy atom. The van der Waals surface area contributed by atoms with E-state index in [0.717, 1.165) is 11.1 Å². The molecule has 1 N–H and O–H groups in total. The van der Waals surface area contributed by atoms with Gasteiger partial charge in [-0.05, 0) is 6.07 Å². The van der Waals surface area contributed by atoms with Crippen molar-refractivity contribution in [1.29, 1.82) is 0 Å². The molecule has 3 aromatic heterocycles. The van der Waals surface area contributed by atoms with Crippen LogP contribution in [0.15, 0.2) is 35.6 Å².